The van der Waals surface area contributed by atoms with E-state index >= 15 is 0 Å². The highest BCUT2D eigenvalue weighted by Gasteiger charge is 2.33. The molecule has 0 radical (unpaired) electrons. The molecule has 148 valence electrons. The molecule has 0 spiro atoms. The van der Waals surface area contributed by atoms with Gasteiger partial charge in [-0.25, -0.2) is 23.4 Å². The Kier molecular flexibility index (Phi) is 4.65. The van der Waals surface area contributed by atoms with Crippen molar-refractivity contribution in [2.75, 3.05) is 11.9 Å². The Morgan fingerprint density at radius 3 is 2.55 bits per heavy atom. The van der Waals surface area contributed by atoms with Crippen LogP contribution in [0.25, 0.3) is 21.1 Å². The summed E-state index contributed by atoms with van der Waals surface area (Å²) in [6, 6.07) is 14.9. The summed E-state index contributed by atoms with van der Waals surface area (Å²) in [5, 5.41) is 4.19. The summed E-state index contributed by atoms with van der Waals surface area (Å²) in [5.41, 5.74) is 0.551. The highest BCUT2D eigenvalue weighted by Crippen LogP contribution is 2.31. The van der Waals surface area contributed by atoms with Crippen molar-refractivity contribution in [2.24, 2.45) is 0 Å². The van der Waals surface area contributed by atoms with E-state index in [-0.39, 0.29) is 11.0 Å². The molecular formula is C20H18N4O3S2. The van der Waals surface area contributed by atoms with Crippen LogP contribution >= 0.6 is 11.3 Å². The van der Waals surface area contributed by atoms with E-state index < -0.39 is 15.3 Å². The fourth-order valence-corrected chi connectivity index (χ4v) is 5.98. The number of nitrogens with zero attached hydrogens (tertiary/aromatic N) is 3. The van der Waals surface area contributed by atoms with Gasteiger partial charge in [0.1, 0.15) is 0 Å². The van der Waals surface area contributed by atoms with E-state index in [1.54, 1.807) is 18.2 Å². The zero-order valence-electron chi connectivity index (χ0n) is 15.4. The number of hydrogen-bond acceptors (Lipinski definition) is 8. The normalized spacial score (nSPS) is 17.6. The number of ether oxygens (including phenoxy) is 1. The number of fused-ring (bicyclic) bond motifs is 2. The maximum Gasteiger partial charge on any atom is 0.230 e. The van der Waals surface area contributed by atoms with Gasteiger partial charge in [-0.1, -0.05) is 35.6 Å². The van der Waals surface area contributed by atoms with Crippen molar-refractivity contribution in [3.05, 3.63) is 48.5 Å². The number of nitrogens with one attached hydrogen (secondary N) is 1. The van der Waals surface area contributed by atoms with E-state index in [1.807, 2.05) is 30.3 Å². The highest BCUT2D eigenvalue weighted by molar-refractivity contribution is 7.92. The van der Waals surface area contributed by atoms with Gasteiger partial charge < -0.3 is 4.74 Å². The minimum absolute atomic E-state index is 0.00129. The van der Waals surface area contributed by atoms with Gasteiger partial charge in [-0.05, 0) is 43.5 Å². The van der Waals surface area contributed by atoms with Crippen LogP contribution in [0, 0.1) is 0 Å². The van der Waals surface area contributed by atoms with E-state index in [1.165, 1.54) is 11.3 Å². The molecule has 1 N–H and O–H groups in total. The Balaban J connectivity index is 1.60. The molecular weight excluding hydrogens is 408 g/mol. The van der Waals surface area contributed by atoms with Crippen LogP contribution in [0.2, 0.25) is 0 Å². The van der Waals surface area contributed by atoms with Crippen LogP contribution in [0.15, 0.2) is 53.6 Å². The summed E-state index contributed by atoms with van der Waals surface area (Å²) in [6.45, 7) is 0.448. The lowest BCUT2D eigenvalue weighted by Crippen LogP contribution is -2.29. The molecule has 1 saturated heterocycles. The third kappa shape index (κ3) is 3.45. The second-order valence-electron chi connectivity index (χ2n) is 6.82. The number of rotatable bonds is 4. The van der Waals surface area contributed by atoms with Gasteiger partial charge >= 0.3 is 0 Å². The average Bonchev–Trinajstić information content (AvgIpc) is 3.16. The minimum Gasteiger partial charge on any atom is -0.362 e. The van der Waals surface area contributed by atoms with Crippen molar-refractivity contribution in [1.29, 1.82) is 0 Å². The summed E-state index contributed by atoms with van der Waals surface area (Å²) in [6.07, 6.45) is 2.17. The van der Waals surface area contributed by atoms with E-state index in [9.17, 15) is 8.42 Å². The van der Waals surface area contributed by atoms with E-state index in [2.05, 4.69) is 20.3 Å². The van der Waals surface area contributed by atoms with Crippen LogP contribution in [0.5, 0.6) is 0 Å². The molecule has 1 aliphatic rings. The number of anilines is 2. The Morgan fingerprint density at radius 2 is 1.76 bits per heavy atom. The van der Waals surface area contributed by atoms with Gasteiger partial charge in [-0.15, -0.1) is 0 Å². The van der Waals surface area contributed by atoms with Crippen molar-refractivity contribution in [3.8, 4) is 0 Å². The Bertz CT molecular complexity index is 1260. The van der Waals surface area contributed by atoms with Crippen molar-refractivity contribution in [1.82, 2.24) is 15.0 Å². The lowest BCUT2D eigenvalue weighted by molar-refractivity contribution is 0.0660. The molecule has 2 aromatic carbocycles. The smallest absolute Gasteiger partial charge is 0.230 e. The summed E-state index contributed by atoms with van der Waals surface area (Å²) < 4.78 is 33.2. The predicted molar refractivity (Wildman–Crippen MR) is 113 cm³/mol. The fourth-order valence-electron chi connectivity index (χ4n) is 3.42. The van der Waals surface area contributed by atoms with Crippen LogP contribution in [-0.4, -0.2) is 35.4 Å². The molecule has 2 aromatic heterocycles. The molecule has 0 bridgehead atoms. The van der Waals surface area contributed by atoms with Gasteiger partial charge in [0.25, 0.3) is 0 Å². The first-order valence-electron chi connectivity index (χ1n) is 9.36. The first-order chi connectivity index (χ1) is 14.1. The minimum atomic E-state index is -3.76. The number of para-hydroxylation sites is 2. The standard InChI is InChI=1S/C20H18N4O3S2/c25-29(26,17-11-5-6-12-27-17)18-13-7-1-2-8-14(13)21-19(23-18)24-20-22-15-9-3-4-10-16(15)28-20/h1-4,7-10,17H,5-6,11-12H2,(H,21,22,23,24). The Morgan fingerprint density at radius 1 is 0.966 bits per heavy atom. The zero-order chi connectivity index (χ0) is 19.8. The van der Waals surface area contributed by atoms with Gasteiger partial charge in [-0.2, -0.15) is 0 Å². The number of aromatic nitrogens is 3. The van der Waals surface area contributed by atoms with E-state index in [0.717, 1.165) is 23.1 Å². The highest BCUT2D eigenvalue weighted by atomic mass is 32.2. The molecule has 7 nitrogen and oxygen atoms in total. The number of sulfone groups is 1. The average molecular weight is 427 g/mol. The van der Waals surface area contributed by atoms with E-state index in [0.29, 0.717) is 29.1 Å². The molecule has 1 unspecified atom stereocenters. The molecule has 0 aliphatic carbocycles. The molecule has 0 saturated carbocycles. The third-order valence-electron chi connectivity index (χ3n) is 4.83. The van der Waals surface area contributed by atoms with Crippen LogP contribution < -0.4 is 5.32 Å². The second kappa shape index (κ2) is 7.33. The van der Waals surface area contributed by atoms with Crippen molar-refractivity contribution >= 4 is 53.4 Å². The summed E-state index contributed by atoms with van der Waals surface area (Å²) >= 11 is 1.46. The molecule has 4 aromatic rings. The lowest BCUT2D eigenvalue weighted by Gasteiger charge is -2.22. The molecule has 9 heteroatoms. The van der Waals surface area contributed by atoms with Crippen LogP contribution in [-0.2, 0) is 14.6 Å². The molecule has 1 aliphatic heterocycles. The Labute approximate surface area is 171 Å². The molecule has 29 heavy (non-hydrogen) atoms. The fraction of sp³-hybridized carbons (Fsp3) is 0.250. The van der Waals surface area contributed by atoms with Gasteiger partial charge in [0.15, 0.2) is 15.6 Å². The number of thiazole rings is 1. The Hall–Kier alpha value is -2.62. The van der Waals surface area contributed by atoms with Gasteiger partial charge in [0.2, 0.25) is 15.8 Å². The molecule has 3 heterocycles. The summed E-state index contributed by atoms with van der Waals surface area (Å²) in [4.78, 5) is 13.4. The number of benzene rings is 2. The zero-order valence-corrected chi connectivity index (χ0v) is 17.0. The van der Waals surface area contributed by atoms with Gasteiger partial charge in [0.05, 0.1) is 15.7 Å². The lowest BCUT2D eigenvalue weighted by atomic mass is 10.2. The molecule has 5 rings (SSSR count). The van der Waals surface area contributed by atoms with Crippen molar-refractivity contribution in [3.63, 3.8) is 0 Å². The predicted octanol–water partition coefficient (Wildman–Crippen LogP) is 4.28. The van der Waals surface area contributed by atoms with Gasteiger partial charge in [-0.3, -0.25) is 5.32 Å². The topological polar surface area (TPSA) is 94.1 Å². The first-order valence-corrected chi connectivity index (χ1v) is 11.7. The van der Waals surface area contributed by atoms with Crippen LogP contribution in [0.3, 0.4) is 0 Å². The quantitative estimate of drug-likeness (QED) is 0.487. The summed E-state index contributed by atoms with van der Waals surface area (Å²) in [7, 11) is -3.76. The van der Waals surface area contributed by atoms with E-state index in [4.69, 9.17) is 4.74 Å². The maximum absolute atomic E-state index is 13.3. The first kappa shape index (κ1) is 18.4. The number of hydrogen-bond donors (Lipinski definition) is 1. The SMILES string of the molecule is O=S(=O)(c1nc(Nc2nc3ccccc3s2)nc2ccccc12)C1CCCCO1. The third-order valence-corrected chi connectivity index (χ3v) is 7.70. The van der Waals surface area contributed by atoms with Crippen molar-refractivity contribution in [2.45, 2.75) is 29.7 Å². The largest absolute Gasteiger partial charge is 0.362 e. The summed E-state index contributed by atoms with van der Waals surface area (Å²) in [5.74, 6) is 0.206. The second-order valence-corrected chi connectivity index (χ2v) is 9.86. The molecule has 1 atom stereocenters. The molecule has 1 fully saturated rings. The van der Waals surface area contributed by atoms with Gasteiger partial charge in [0, 0.05) is 12.0 Å². The van der Waals surface area contributed by atoms with Crippen molar-refractivity contribution < 1.29 is 13.2 Å². The monoisotopic (exact) mass is 426 g/mol. The van der Waals surface area contributed by atoms with Crippen LogP contribution in [0.1, 0.15) is 19.3 Å². The maximum atomic E-state index is 13.3. The molecule has 0 amide bonds. The van der Waals surface area contributed by atoms with Crippen LogP contribution in [0.4, 0.5) is 11.1 Å².